The van der Waals surface area contributed by atoms with Crippen LogP contribution in [0.25, 0.3) is 0 Å². The lowest BCUT2D eigenvalue weighted by atomic mass is 10.1. The minimum Gasteiger partial charge on any atom is -0.156 e. The van der Waals surface area contributed by atoms with Crippen LogP contribution in [0.5, 0.6) is 0 Å². The van der Waals surface area contributed by atoms with Gasteiger partial charge in [0, 0.05) is 4.75 Å². The summed E-state index contributed by atoms with van der Waals surface area (Å²) in [7, 11) is 0. The molecule has 1 rings (SSSR count). The fraction of sp³-hybridized carbons (Fsp3) is 0.538. The molecule has 0 atom stereocenters. The fourth-order valence-corrected chi connectivity index (χ4v) is 2.20. The summed E-state index contributed by atoms with van der Waals surface area (Å²) in [6.07, 6.45) is 2.50. The van der Waals surface area contributed by atoms with Crippen LogP contribution in [0.3, 0.4) is 0 Å². The second-order valence-corrected chi connectivity index (χ2v) is 6.47. The Morgan fingerprint density at radius 1 is 1.07 bits per heavy atom. The van der Waals surface area contributed by atoms with Crippen molar-refractivity contribution in [2.45, 2.75) is 38.4 Å². The van der Waals surface area contributed by atoms with Crippen LogP contribution in [-0.4, -0.2) is 10.5 Å². The summed E-state index contributed by atoms with van der Waals surface area (Å²) in [6.45, 7) is 6.83. The molecule has 1 heteroatoms. The molecule has 0 heterocycles. The van der Waals surface area contributed by atoms with Gasteiger partial charge >= 0.3 is 0 Å². The summed E-state index contributed by atoms with van der Waals surface area (Å²) in [5, 5.41) is 0. The van der Waals surface area contributed by atoms with Gasteiger partial charge in [-0.05, 0) is 24.2 Å². The predicted octanol–water partition coefficient (Wildman–Crippen LogP) is 4.15. The van der Waals surface area contributed by atoms with E-state index < -0.39 is 0 Å². The highest BCUT2D eigenvalue weighted by Gasteiger charge is 2.09. The highest BCUT2D eigenvalue weighted by atomic mass is 32.2. The van der Waals surface area contributed by atoms with E-state index in [-0.39, 0.29) is 0 Å². The Labute approximate surface area is 92.1 Å². The Balaban J connectivity index is 2.17. The first kappa shape index (κ1) is 11.6. The summed E-state index contributed by atoms with van der Waals surface area (Å²) in [4.78, 5) is 0. The van der Waals surface area contributed by atoms with Crippen molar-refractivity contribution in [1.82, 2.24) is 0 Å². The molecule has 0 radical (unpaired) electrons. The third-order valence-electron chi connectivity index (χ3n) is 1.99. The van der Waals surface area contributed by atoms with Crippen LogP contribution in [0.15, 0.2) is 30.3 Å². The molecule has 1 aromatic rings. The van der Waals surface area contributed by atoms with Crippen LogP contribution < -0.4 is 0 Å². The van der Waals surface area contributed by atoms with Gasteiger partial charge in [-0.3, -0.25) is 0 Å². The van der Waals surface area contributed by atoms with Crippen molar-refractivity contribution in [2.24, 2.45) is 0 Å². The first-order valence-corrected chi connectivity index (χ1v) is 6.24. The first-order chi connectivity index (χ1) is 6.58. The molecule has 1 aromatic carbocycles. The zero-order chi connectivity index (χ0) is 10.4. The molecule has 0 saturated heterocycles. The number of benzene rings is 1. The molecule has 0 bridgehead atoms. The molecule has 0 spiro atoms. The number of hydrogen-bond donors (Lipinski definition) is 0. The highest BCUT2D eigenvalue weighted by Crippen LogP contribution is 2.24. The molecular weight excluding hydrogens is 188 g/mol. The molecular formula is C13H20S. The van der Waals surface area contributed by atoms with Gasteiger partial charge in [-0.1, -0.05) is 51.1 Å². The summed E-state index contributed by atoms with van der Waals surface area (Å²) in [5.74, 6) is 1.26. The molecule has 14 heavy (non-hydrogen) atoms. The lowest BCUT2D eigenvalue weighted by Crippen LogP contribution is -2.08. The minimum absolute atomic E-state index is 0.413. The molecule has 0 fully saturated rings. The summed E-state index contributed by atoms with van der Waals surface area (Å²) in [6, 6.07) is 10.7. The lowest BCUT2D eigenvalue weighted by molar-refractivity contribution is 0.797. The van der Waals surface area contributed by atoms with E-state index in [0.29, 0.717) is 4.75 Å². The van der Waals surface area contributed by atoms with Gasteiger partial charge in [0.25, 0.3) is 0 Å². The van der Waals surface area contributed by atoms with Gasteiger partial charge in [-0.15, -0.1) is 0 Å². The van der Waals surface area contributed by atoms with Crippen molar-refractivity contribution in [2.75, 3.05) is 5.75 Å². The fourth-order valence-electron chi connectivity index (χ4n) is 1.30. The van der Waals surface area contributed by atoms with Crippen LogP contribution in [0.4, 0.5) is 0 Å². The Morgan fingerprint density at radius 2 is 1.71 bits per heavy atom. The summed E-state index contributed by atoms with van der Waals surface area (Å²) in [5.41, 5.74) is 1.46. The van der Waals surface area contributed by atoms with Crippen molar-refractivity contribution in [3.05, 3.63) is 35.9 Å². The van der Waals surface area contributed by atoms with Crippen LogP contribution in [-0.2, 0) is 6.42 Å². The zero-order valence-electron chi connectivity index (χ0n) is 9.42. The van der Waals surface area contributed by atoms with Gasteiger partial charge < -0.3 is 0 Å². The molecule has 0 amide bonds. The summed E-state index contributed by atoms with van der Waals surface area (Å²) < 4.78 is 0.413. The summed E-state index contributed by atoms with van der Waals surface area (Å²) >= 11 is 2.05. The topological polar surface area (TPSA) is 0 Å². The van der Waals surface area contributed by atoms with Crippen molar-refractivity contribution in [3.8, 4) is 0 Å². The van der Waals surface area contributed by atoms with Gasteiger partial charge in [-0.2, -0.15) is 11.8 Å². The van der Waals surface area contributed by atoms with Crippen LogP contribution in [0.1, 0.15) is 32.8 Å². The van der Waals surface area contributed by atoms with Crippen molar-refractivity contribution in [1.29, 1.82) is 0 Å². The lowest BCUT2D eigenvalue weighted by Gasteiger charge is -2.17. The van der Waals surface area contributed by atoms with Crippen LogP contribution >= 0.6 is 11.8 Å². The van der Waals surface area contributed by atoms with E-state index >= 15 is 0 Å². The normalized spacial score (nSPS) is 11.6. The Kier molecular flexibility index (Phi) is 4.53. The molecule has 78 valence electrons. The monoisotopic (exact) mass is 208 g/mol. The number of hydrogen-bond acceptors (Lipinski definition) is 1. The van der Waals surface area contributed by atoms with Gasteiger partial charge in [0.15, 0.2) is 0 Å². The van der Waals surface area contributed by atoms with E-state index in [4.69, 9.17) is 0 Å². The maximum Gasteiger partial charge on any atom is 0.00750 e. The molecule has 0 aliphatic heterocycles. The molecule has 0 nitrogen and oxygen atoms in total. The molecule has 0 aliphatic rings. The maximum absolute atomic E-state index is 2.28. The standard InChI is InChI=1S/C13H20S/c1-13(2,3)14-11-7-10-12-8-5-4-6-9-12/h4-6,8-9H,7,10-11H2,1-3H3. The van der Waals surface area contributed by atoms with Gasteiger partial charge in [0.05, 0.1) is 0 Å². The van der Waals surface area contributed by atoms with Crippen LogP contribution in [0.2, 0.25) is 0 Å². The number of thioether (sulfide) groups is 1. The van der Waals surface area contributed by atoms with E-state index in [0.717, 1.165) is 0 Å². The second kappa shape index (κ2) is 5.45. The van der Waals surface area contributed by atoms with Crippen molar-refractivity contribution in [3.63, 3.8) is 0 Å². The quantitative estimate of drug-likeness (QED) is 0.670. The van der Waals surface area contributed by atoms with E-state index in [1.807, 2.05) is 0 Å². The van der Waals surface area contributed by atoms with Gasteiger partial charge in [0.1, 0.15) is 0 Å². The van der Waals surface area contributed by atoms with Gasteiger partial charge in [-0.25, -0.2) is 0 Å². The minimum atomic E-state index is 0.413. The molecule has 0 N–H and O–H groups in total. The zero-order valence-corrected chi connectivity index (χ0v) is 10.2. The average molecular weight is 208 g/mol. The number of aryl methyl sites for hydroxylation is 1. The molecule has 0 unspecified atom stereocenters. The largest absolute Gasteiger partial charge is 0.156 e. The first-order valence-electron chi connectivity index (χ1n) is 5.26. The van der Waals surface area contributed by atoms with E-state index in [2.05, 4.69) is 62.9 Å². The maximum atomic E-state index is 2.28. The Bertz CT molecular complexity index is 246. The molecule has 0 aromatic heterocycles. The highest BCUT2D eigenvalue weighted by molar-refractivity contribution is 8.00. The number of rotatable bonds is 4. The third-order valence-corrected chi connectivity index (χ3v) is 3.35. The smallest absolute Gasteiger partial charge is 0.00750 e. The van der Waals surface area contributed by atoms with E-state index in [9.17, 15) is 0 Å². The van der Waals surface area contributed by atoms with E-state index in [1.165, 1.54) is 24.2 Å². The van der Waals surface area contributed by atoms with Crippen molar-refractivity contribution < 1.29 is 0 Å². The van der Waals surface area contributed by atoms with Crippen LogP contribution in [0, 0.1) is 0 Å². The van der Waals surface area contributed by atoms with Gasteiger partial charge in [0.2, 0.25) is 0 Å². The molecule has 0 saturated carbocycles. The average Bonchev–Trinajstić information content (AvgIpc) is 2.13. The SMILES string of the molecule is CC(C)(C)SCCCc1ccccc1. The third kappa shape index (κ3) is 5.33. The van der Waals surface area contributed by atoms with Crippen molar-refractivity contribution >= 4 is 11.8 Å². The Hall–Kier alpha value is -0.430. The predicted molar refractivity (Wildman–Crippen MR) is 67.0 cm³/mol. The Morgan fingerprint density at radius 3 is 2.29 bits per heavy atom. The second-order valence-electron chi connectivity index (χ2n) is 4.55. The molecule has 0 aliphatic carbocycles. The van der Waals surface area contributed by atoms with E-state index in [1.54, 1.807) is 0 Å².